The van der Waals surface area contributed by atoms with Crippen molar-refractivity contribution in [1.29, 1.82) is 0 Å². The second-order valence-electron chi connectivity index (χ2n) is 4.70. The maximum absolute atomic E-state index is 10.9. The van der Waals surface area contributed by atoms with Crippen molar-refractivity contribution in [2.45, 2.75) is 6.42 Å². The Bertz CT molecular complexity index is 837. The van der Waals surface area contributed by atoms with E-state index in [1.54, 1.807) is 12.4 Å². The predicted molar refractivity (Wildman–Crippen MR) is 84.4 cm³/mol. The summed E-state index contributed by atoms with van der Waals surface area (Å²) >= 11 is 0. The van der Waals surface area contributed by atoms with E-state index in [0.29, 0.717) is 17.3 Å². The normalized spacial score (nSPS) is 10.5. The smallest absolute Gasteiger partial charge is 0.229 e. The Kier molecular flexibility index (Phi) is 3.53. The fraction of sp³-hybridized carbons (Fsp3) is 0.0667. The number of aromatic amines is 1. The molecule has 3 rings (SSSR count). The van der Waals surface area contributed by atoms with Gasteiger partial charge >= 0.3 is 0 Å². The van der Waals surface area contributed by atoms with Gasteiger partial charge in [0.25, 0.3) is 0 Å². The van der Waals surface area contributed by atoms with Gasteiger partial charge in [-0.3, -0.25) is 4.79 Å². The lowest BCUT2D eigenvalue weighted by Crippen LogP contribution is -2.13. The molecule has 0 saturated carbocycles. The number of primary amides is 1. The fourth-order valence-electron chi connectivity index (χ4n) is 2.10. The van der Waals surface area contributed by atoms with Gasteiger partial charge in [0.1, 0.15) is 5.52 Å². The minimum absolute atomic E-state index is 0.219. The van der Waals surface area contributed by atoms with Crippen LogP contribution in [0.5, 0.6) is 0 Å². The molecule has 4 N–H and O–H groups in total. The van der Waals surface area contributed by atoms with Crippen LogP contribution in [0.2, 0.25) is 0 Å². The average molecular weight is 294 g/mol. The third kappa shape index (κ3) is 2.78. The number of nitrogens with two attached hydrogens (primary N) is 1. The van der Waals surface area contributed by atoms with Gasteiger partial charge in [-0.2, -0.15) is 4.98 Å². The lowest BCUT2D eigenvalue weighted by atomic mass is 10.1. The van der Waals surface area contributed by atoms with E-state index < -0.39 is 0 Å². The van der Waals surface area contributed by atoms with Crippen molar-refractivity contribution in [3.8, 4) is 0 Å². The molecule has 22 heavy (non-hydrogen) atoms. The summed E-state index contributed by atoms with van der Waals surface area (Å²) in [5.74, 6) is 0.0702. The summed E-state index contributed by atoms with van der Waals surface area (Å²) < 4.78 is 0. The van der Waals surface area contributed by atoms with Gasteiger partial charge in [-0.05, 0) is 23.8 Å². The third-order valence-corrected chi connectivity index (χ3v) is 3.10. The molecule has 110 valence electrons. The molecule has 1 amide bonds. The van der Waals surface area contributed by atoms with Crippen LogP contribution in [0.4, 0.5) is 11.6 Å². The average Bonchev–Trinajstić information content (AvgIpc) is 2.96. The van der Waals surface area contributed by atoms with Crippen LogP contribution in [0, 0.1) is 0 Å². The fourth-order valence-corrected chi connectivity index (χ4v) is 2.10. The second-order valence-corrected chi connectivity index (χ2v) is 4.70. The summed E-state index contributed by atoms with van der Waals surface area (Å²) in [6, 6.07) is 7.33. The van der Waals surface area contributed by atoms with Gasteiger partial charge in [-0.1, -0.05) is 18.7 Å². The summed E-state index contributed by atoms with van der Waals surface area (Å²) in [4.78, 5) is 26.7. The molecule has 0 aliphatic carbocycles. The number of nitrogens with one attached hydrogen (secondary N) is 2. The number of aromatic nitrogens is 4. The zero-order chi connectivity index (χ0) is 15.5. The summed E-state index contributed by atoms with van der Waals surface area (Å²) in [5.41, 5.74) is 8.82. The highest BCUT2D eigenvalue weighted by Crippen LogP contribution is 2.18. The molecule has 3 aromatic rings. The zero-order valence-electron chi connectivity index (χ0n) is 11.7. The Morgan fingerprint density at radius 1 is 1.32 bits per heavy atom. The van der Waals surface area contributed by atoms with Crippen LogP contribution in [-0.2, 0) is 11.2 Å². The molecule has 0 atom stereocenters. The monoisotopic (exact) mass is 294 g/mol. The van der Waals surface area contributed by atoms with E-state index in [-0.39, 0.29) is 12.3 Å². The molecule has 0 radical (unpaired) electrons. The van der Waals surface area contributed by atoms with E-state index in [2.05, 4.69) is 31.8 Å². The Labute approximate surface area is 126 Å². The molecule has 0 unspecified atom stereocenters. The highest BCUT2D eigenvalue weighted by atomic mass is 16.1. The summed E-state index contributed by atoms with van der Waals surface area (Å²) in [7, 11) is 0. The van der Waals surface area contributed by atoms with Gasteiger partial charge in [0, 0.05) is 5.69 Å². The highest BCUT2D eigenvalue weighted by molar-refractivity contribution is 5.81. The number of hydrogen-bond acceptors (Lipinski definition) is 5. The Morgan fingerprint density at radius 2 is 2.09 bits per heavy atom. The number of fused-ring (bicyclic) bond motifs is 1. The Hall–Kier alpha value is -3.22. The third-order valence-electron chi connectivity index (χ3n) is 3.10. The molecular formula is C15H14N6O. The van der Waals surface area contributed by atoms with Gasteiger partial charge < -0.3 is 16.0 Å². The second kappa shape index (κ2) is 5.65. The molecule has 0 saturated heterocycles. The zero-order valence-corrected chi connectivity index (χ0v) is 11.7. The molecule has 1 aromatic carbocycles. The summed E-state index contributed by atoms with van der Waals surface area (Å²) in [5, 5.41) is 3.10. The summed E-state index contributed by atoms with van der Waals surface area (Å²) in [6.45, 7) is 3.74. The number of carbonyl (C=O) groups excluding carboxylic acids is 1. The van der Waals surface area contributed by atoms with Crippen molar-refractivity contribution >= 4 is 34.8 Å². The molecule has 2 aromatic heterocycles. The first kappa shape index (κ1) is 13.7. The first-order chi connectivity index (χ1) is 10.7. The SMILES string of the molecule is C=Cc1nc(Nc2ccc(CC(N)=O)cc2)nc2nc[nH]c12. The van der Waals surface area contributed by atoms with Gasteiger partial charge in [0.15, 0.2) is 5.65 Å². The minimum Gasteiger partial charge on any atom is -0.369 e. The Balaban J connectivity index is 1.86. The van der Waals surface area contributed by atoms with Crippen LogP contribution in [0.3, 0.4) is 0 Å². The first-order valence-corrected chi connectivity index (χ1v) is 6.63. The van der Waals surface area contributed by atoms with Crippen molar-refractivity contribution in [3.05, 3.63) is 48.4 Å². The highest BCUT2D eigenvalue weighted by Gasteiger charge is 2.08. The van der Waals surface area contributed by atoms with Crippen molar-refractivity contribution < 1.29 is 4.79 Å². The van der Waals surface area contributed by atoms with E-state index >= 15 is 0 Å². The molecule has 7 nitrogen and oxygen atoms in total. The summed E-state index contributed by atoms with van der Waals surface area (Å²) in [6.07, 6.45) is 3.43. The van der Waals surface area contributed by atoms with Gasteiger partial charge in [-0.15, -0.1) is 0 Å². The number of carbonyl (C=O) groups is 1. The van der Waals surface area contributed by atoms with Gasteiger partial charge in [0.05, 0.1) is 18.4 Å². The standard InChI is InChI=1S/C15H14N6O/c1-2-11-13-14(18-8-17-13)21-15(20-11)19-10-5-3-9(4-6-10)7-12(16)22/h2-6,8H,1,7H2,(H2,16,22)(H2,17,18,19,20,21). The maximum atomic E-state index is 10.9. The van der Waals surface area contributed by atoms with E-state index in [0.717, 1.165) is 16.8 Å². The van der Waals surface area contributed by atoms with Crippen molar-refractivity contribution in [1.82, 2.24) is 19.9 Å². The number of imidazole rings is 1. The van der Waals surface area contributed by atoms with Gasteiger partial charge in [0.2, 0.25) is 11.9 Å². The Morgan fingerprint density at radius 3 is 2.77 bits per heavy atom. The van der Waals surface area contributed by atoms with Crippen LogP contribution in [0.25, 0.3) is 17.2 Å². The number of nitrogens with zero attached hydrogens (tertiary/aromatic N) is 3. The maximum Gasteiger partial charge on any atom is 0.229 e. The quantitative estimate of drug-likeness (QED) is 0.664. The molecule has 0 fully saturated rings. The lowest BCUT2D eigenvalue weighted by molar-refractivity contribution is -0.117. The largest absolute Gasteiger partial charge is 0.369 e. The van der Waals surface area contributed by atoms with Crippen molar-refractivity contribution in [2.24, 2.45) is 5.73 Å². The molecule has 2 heterocycles. The van der Waals surface area contributed by atoms with Crippen LogP contribution < -0.4 is 11.1 Å². The predicted octanol–water partition coefficient (Wildman–Crippen LogP) is 1.77. The molecular weight excluding hydrogens is 280 g/mol. The van der Waals surface area contributed by atoms with Crippen molar-refractivity contribution in [2.75, 3.05) is 5.32 Å². The van der Waals surface area contributed by atoms with E-state index in [4.69, 9.17) is 5.73 Å². The minimum atomic E-state index is -0.358. The van der Waals surface area contributed by atoms with Crippen LogP contribution in [-0.4, -0.2) is 25.8 Å². The van der Waals surface area contributed by atoms with E-state index in [9.17, 15) is 4.79 Å². The molecule has 7 heteroatoms. The number of benzene rings is 1. The molecule has 0 spiro atoms. The number of anilines is 2. The number of amides is 1. The number of H-pyrrole nitrogens is 1. The number of hydrogen-bond donors (Lipinski definition) is 3. The molecule has 0 bridgehead atoms. The molecule has 0 aliphatic heterocycles. The topological polar surface area (TPSA) is 110 Å². The van der Waals surface area contributed by atoms with Crippen LogP contribution in [0.1, 0.15) is 11.3 Å². The van der Waals surface area contributed by atoms with E-state index in [1.165, 1.54) is 0 Å². The van der Waals surface area contributed by atoms with Crippen LogP contribution in [0.15, 0.2) is 37.2 Å². The molecule has 0 aliphatic rings. The van der Waals surface area contributed by atoms with E-state index in [1.807, 2.05) is 24.3 Å². The van der Waals surface area contributed by atoms with Crippen LogP contribution >= 0.6 is 0 Å². The van der Waals surface area contributed by atoms with Crippen molar-refractivity contribution in [3.63, 3.8) is 0 Å². The van der Waals surface area contributed by atoms with Gasteiger partial charge in [-0.25, -0.2) is 9.97 Å². The lowest BCUT2D eigenvalue weighted by Gasteiger charge is -2.06. The first-order valence-electron chi connectivity index (χ1n) is 6.63. The number of rotatable bonds is 5.